The number of methoxy groups -OCH3 is 1. The molecule has 0 fully saturated rings. The highest BCUT2D eigenvalue weighted by atomic mass is 16.5. The van der Waals surface area contributed by atoms with E-state index >= 15 is 0 Å². The second kappa shape index (κ2) is 11.6. The van der Waals surface area contributed by atoms with Crippen molar-refractivity contribution in [1.29, 1.82) is 0 Å². The van der Waals surface area contributed by atoms with E-state index in [0.29, 0.717) is 25.3 Å². The Balaban J connectivity index is 1.45. The number of rotatable bonds is 10. The van der Waals surface area contributed by atoms with Crippen LogP contribution in [0.15, 0.2) is 102 Å². The van der Waals surface area contributed by atoms with Gasteiger partial charge < -0.3 is 19.4 Å². The molecule has 0 spiro atoms. The summed E-state index contributed by atoms with van der Waals surface area (Å²) < 4.78 is 11.0. The van der Waals surface area contributed by atoms with Gasteiger partial charge in [-0.25, -0.2) is 9.97 Å². The number of anilines is 1. The van der Waals surface area contributed by atoms with E-state index in [1.807, 2.05) is 97.9 Å². The molecule has 1 atom stereocenters. The van der Waals surface area contributed by atoms with Crippen LogP contribution in [0.3, 0.4) is 0 Å². The van der Waals surface area contributed by atoms with Crippen LogP contribution in [0.2, 0.25) is 0 Å². The smallest absolute Gasteiger partial charge is 0.222 e. The molecule has 5 rings (SSSR count). The third kappa shape index (κ3) is 5.83. The normalized spacial score (nSPS) is 11.7. The van der Waals surface area contributed by atoms with Crippen molar-refractivity contribution in [2.24, 2.45) is 0 Å². The molecular weight excluding hydrogens is 476 g/mol. The van der Waals surface area contributed by atoms with Crippen LogP contribution in [-0.4, -0.2) is 29.5 Å². The monoisotopic (exact) mass is 506 g/mol. The second-order valence-corrected chi connectivity index (χ2v) is 9.07. The van der Waals surface area contributed by atoms with E-state index in [2.05, 4.69) is 10.2 Å². The van der Waals surface area contributed by atoms with E-state index in [4.69, 9.17) is 19.1 Å². The Kier molecular flexibility index (Phi) is 7.64. The summed E-state index contributed by atoms with van der Waals surface area (Å²) in [7, 11) is 1.64. The summed E-state index contributed by atoms with van der Waals surface area (Å²) in [5.41, 5.74) is 2.78. The summed E-state index contributed by atoms with van der Waals surface area (Å²) in [6.45, 7) is 2.92. The Bertz CT molecular complexity index is 1490. The standard InChI is InChI=1S/C31H30N4O3/c1-22(23-9-4-3-5-10-23)32-29(36)18-19-35(21-26-11-8-20-38-26)31-27-12-6-7-13-28(27)33-30(34-31)24-14-16-25(37-2)17-15-24/h3-17,20,22H,18-19,21H2,1-2H3,(H,32,36). The zero-order chi connectivity index (χ0) is 26.3. The van der Waals surface area contributed by atoms with Crippen LogP contribution in [0, 0.1) is 0 Å². The lowest BCUT2D eigenvalue weighted by Gasteiger charge is -2.25. The van der Waals surface area contributed by atoms with E-state index < -0.39 is 0 Å². The third-order valence-electron chi connectivity index (χ3n) is 6.44. The lowest BCUT2D eigenvalue weighted by atomic mass is 10.1. The van der Waals surface area contributed by atoms with Gasteiger partial charge >= 0.3 is 0 Å². The maximum atomic E-state index is 13.0. The van der Waals surface area contributed by atoms with Gasteiger partial charge in [-0.3, -0.25) is 4.79 Å². The number of hydrogen-bond donors (Lipinski definition) is 1. The molecule has 0 radical (unpaired) electrons. The van der Waals surface area contributed by atoms with Crippen molar-refractivity contribution in [3.05, 3.63) is 109 Å². The molecule has 0 aliphatic carbocycles. The SMILES string of the molecule is COc1ccc(-c2nc(N(CCC(=O)NC(C)c3ccccc3)Cc3ccco3)c3ccccc3n2)cc1. The molecule has 3 aromatic carbocycles. The lowest BCUT2D eigenvalue weighted by Crippen LogP contribution is -2.32. The zero-order valence-electron chi connectivity index (χ0n) is 21.5. The highest BCUT2D eigenvalue weighted by Gasteiger charge is 2.19. The highest BCUT2D eigenvalue weighted by Crippen LogP contribution is 2.29. The minimum Gasteiger partial charge on any atom is -0.497 e. The molecule has 1 N–H and O–H groups in total. The summed E-state index contributed by atoms with van der Waals surface area (Å²) in [5.74, 6) is 2.89. The van der Waals surface area contributed by atoms with Crippen LogP contribution < -0.4 is 15.0 Å². The molecule has 0 saturated carbocycles. The molecule has 7 nitrogen and oxygen atoms in total. The molecule has 38 heavy (non-hydrogen) atoms. The molecule has 0 aliphatic rings. The van der Waals surface area contributed by atoms with Crippen molar-refractivity contribution in [3.8, 4) is 17.1 Å². The molecule has 7 heteroatoms. The fourth-order valence-electron chi connectivity index (χ4n) is 4.40. The van der Waals surface area contributed by atoms with Gasteiger partial charge in [-0.1, -0.05) is 42.5 Å². The number of nitrogens with zero attached hydrogens (tertiary/aromatic N) is 3. The fourth-order valence-corrected chi connectivity index (χ4v) is 4.40. The fraction of sp³-hybridized carbons (Fsp3) is 0.194. The van der Waals surface area contributed by atoms with Crippen LogP contribution in [0.5, 0.6) is 5.75 Å². The average molecular weight is 507 g/mol. The van der Waals surface area contributed by atoms with Crippen molar-refractivity contribution in [3.63, 3.8) is 0 Å². The first-order valence-corrected chi connectivity index (χ1v) is 12.6. The number of carbonyl (C=O) groups is 1. The quantitative estimate of drug-likeness (QED) is 0.244. The average Bonchev–Trinajstić information content (AvgIpc) is 3.48. The molecule has 192 valence electrons. The lowest BCUT2D eigenvalue weighted by molar-refractivity contribution is -0.121. The number of aromatic nitrogens is 2. The predicted octanol–water partition coefficient (Wildman–Crippen LogP) is 6.17. The number of nitrogens with one attached hydrogen (secondary N) is 1. The minimum absolute atomic E-state index is 0.0282. The maximum Gasteiger partial charge on any atom is 0.222 e. The summed E-state index contributed by atoms with van der Waals surface area (Å²) >= 11 is 0. The first kappa shape index (κ1) is 25.0. The van der Waals surface area contributed by atoms with Crippen molar-refractivity contribution >= 4 is 22.6 Å². The van der Waals surface area contributed by atoms with E-state index in [9.17, 15) is 4.79 Å². The van der Waals surface area contributed by atoms with Crippen molar-refractivity contribution in [2.75, 3.05) is 18.6 Å². The molecule has 1 amide bonds. The van der Waals surface area contributed by atoms with Crippen LogP contribution in [-0.2, 0) is 11.3 Å². The van der Waals surface area contributed by atoms with Crippen LogP contribution in [0.25, 0.3) is 22.3 Å². The van der Waals surface area contributed by atoms with Gasteiger partial charge in [0.1, 0.15) is 17.3 Å². The number of hydrogen-bond acceptors (Lipinski definition) is 6. The Labute approximate surface area is 222 Å². The largest absolute Gasteiger partial charge is 0.497 e. The van der Waals surface area contributed by atoms with E-state index in [0.717, 1.165) is 39.4 Å². The maximum absolute atomic E-state index is 13.0. The molecule has 0 bridgehead atoms. The van der Waals surface area contributed by atoms with Gasteiger partial charge in [0.2, 0.25) is 5.91 Å². The number of para-hydroxylation sites is 1. The first-order valence-electron chi connectivity index (χ1n) is 12.6. The second-order valence-electron chi connectivity index (χ2n) is 9.07. The van der Waals surface area contributed by atoms with E-state index in [-0.39, 0.29) is 11.9 Å². The molecule has 0 saturated heterocycles. The van der Waals surface area contributed by atoms with Crippen molar-refractivity contribution in [2.45, 2.75) is 25.9 Å². The van der Waals surface area contributed by atoms with Crippen LogP contribution >= 0.6 is 0 Å². The molecular formula is C31H30N4O3. The van der Waals surface area contributed by atoms with Crippen LogP contribution in [0.1, 0.15) is 30.7 Å². The third-order valence-corrected chi connectivity index (χ3v) is 6.44. The number of ether oxygens (including phenoxy) is 1. The number of amides is 1. The van der Waals surface area contributed by atoms with Gasteiger partial charge in [-0.15, -0.1) is 0 Å². The van der Waals surface area contributed by atoms with Crippen molar-refractivity contribution in [1.82, 2.24) is 15.3 Å². The topological polar surface area (TPSA) is 80.5 Å². The van der Waals surface area contributed by atoms with Gasteiger partial charge in [0, 0.05) is 23.9 Å². The van der Waals surface area contributed by atoms with E-state index in [1.54, 1.807) is 13.4 Å². The number of carbonyl (C=O) groups excluding carboxylic acids is 1. The number of fused-ring (bicyclic) bond motifs is 1. The first-order chi connectivity index (χ1) is 18.6. The summed E-state index contributed by atoms with van der Waals surface area (Å²) in [6.07, 6.45) is 1.96. The van der Waals surface area contributed by atoms with Gasteiger partial charge in [-0.2, -0.15) is 0 Å². The molecule has 0 aliphatic heterocycles. The molecule has 2 heterocycles. The van der Waals surface area contributed by atoms with Crippen molar-refractivity contribution < 1.29 is 13.9 Å². The molecule has 5 aromatic rings. The summed E-state index contributed by atoms with van der Waals surface area (Å²) in [4.78, 5) is 24.9. The number of furan rings is 1. The molecule has 1 unspecified atom stereocenters. The Morgan fingerprint density at radius 1 is 0.947 bits per heavy atom. The predicted molar refractivity (Wildman–Crippen MR) is 149 cm³/mol. The van der Waals surface area contributed by atoms with Gasteiger partial charge in [0.05, 0.1) is 31.5 Å². The highest BCUT2D eigenvalue weighted by molar-refractivity contribution is 5.91. The summed E-state index contributed by atoms with van der Waals surface area (Å²) in [5, 5.41) is 4.02. The summed E-state index contributed by atoms with van der Waals surface area (Å²) in [6, 6.07) is 29.3. The van der Waals surface area contributed by atoms with Gasteiger partial charge in [0.25, 0.3) is 0 Å². The van der Waals surface area contributed by atoms with Gasteiger partial charge in [-0.05, 0) is 61.0 Å². The Morgan fingerprint density at radius 2 is 1.71 bits per heavy atom. The van der Waals surface area contributed by atoms with Gasteiger partial charge in [0.15, 0.2) is 5.82 Å². The van der Waals surface area contributed by atoms with Crippen LogP contribution in [0.4, 0.5) is 5.82 Å². The number of benzene rings is 3. The Hall–Kier alpha value is -4.65. The molecule has 2 aromatic heterocycles. The van der Waals surface area contributed by atoms with E-state index in [1.165, 1.54) is 0 Å². The Morgan fingerprint density at radius 3 is 2.45 bits per heavy atom. The zero-order valence-corrected chi connectivity index (χ0v) is 21.5. The minimum atomic E-state index is -0.0798.